The molecule has 160 valence electrons. The van der Waals surface area contributed by atoms with Crippen LogP contribution in [0, 0.1) is 68.6 Å². The SMILES string of the molecule is N#CC(C#N)=C1C2=C(NC3C(=N2)c2c(F)cc(F)cc2C3=C(C#N)C#N)c2c(F)cc(F)cc21. The van der Waals surface area contributed by atoms with E-state index in [1.807, 2.05) is 0 Å². The average molecular weight is 454 g/mol. The van der Waals surface area contributed by atoms with Crippen molar-refractivity contribution in [1.29, 1.82) is 21.0 Å². The van der Waals surface area contributed by atoms with Gasteiger partial charge in [-0.15, -0.1) is 0 Å². The maximum absolute atomic E-state index is 14.9. The van der Waals surface area contributed by atoms with Gasteiger partial charge in [0, 0.05) is 40.0 Å². The van der Waals surface area contributed by atoms with E-state index in [4.69, 9.17) is 0 Å². The second-order valence-corrected chi connectivity index (χ2v) is 7.40. The van der Waals surface area contributed by atoms with Gasteiger partial charge in [-0.25, -0.2) is 22.6 Å². The normalized spacial score (nSPS) is 16.6. The lowest BCUT2D eigenvalue weighted by Crippen LogP contribution is -2.36. The van der Waals surface area contributed by atoms with E-state index in [0.717, 1.165) is 12.1 Å². The molecular formula is C24H6F4N6. The standard InChI is InChI=1S/C24H6F4N6/c25-11-1-13-17(9(5-29)6-30)21-23(19(13)15(27)3-11)34-22-18(10(7-31)8-32)14-2-12(26)4-16(28)20(14)24(22)33-21/h1-4,21,33H. The van der Waals surface area contributed by atoms with E-state index in [-0.39, 0.29) is 50.5 Å². The zero-order valence-electron chi connectivity index (χ0n) is 16.6. The molecule has 0 bridgehead atoms. The van der Waals surface area contributed by atoms with Crippen molar-refractivity contribution in [3.8, 4) is 24.3 Å². The van der Waals surface area contributed by atoms with Gasteiger partial charge in [-0.3, -0.25) is 0 Å². The molecule has 1 unspecified atom stereocenters. The number of allylic oxidation sites excluding steroid dienone is 3. The third-order valence-electron chi connectivity index (χ3n) is 5.70. The van der Waals surface area contributed by atoms with Gasteiger partial charge in [-0.05, 0) is 17.7 Å². The molecule has 1 atom stereocenters. The molecule has 2 aliphatic carbocycles. The van der Waals surface area contributed by atoms with E-state index >= 15 is 0 Å². The lowest BCUT2D eigenvalue weighted by atomic mass is 9.98. The maximum Gasteiger partial charge on any atom is 0.139 e. The van der Waals surface area contributed by atoms with Crippen LogP contribution < -0.4 is 5.32 Å². The van der Waals surface area contributed by atoms with Crippen LogP contribution in [0.4, 0.5) is 17.6 Å². The molecule has 1 N–H and O–H groups in total. The van der Waals surface area contributed by atoms with E-state index in [1.165, 1.54) is 0 Å². The fourth-order valence-corrected chi connectivity index (χ4v) is 4.47. The molecule has 6 nitrogen and oxygen atoms in total. The number of fused-ring (bicyclic) bond motifs is 5. The van der Waals surface area contributed by atoms with Crippen LogP contribution in [0.1, 0.15) is 22.3 Å². The van der Waals surface area contributed by atoms with Crippen LogP contribution in [0.5, 0.6) is 0 Å². The Morgan fingerprint density at radius 2 is 1.32 bits per heavy atom. The molecule has 0 spiro atoms. The fraction of sp³-hybridized carbons (Fsp3) is 0.0417. The average Bonchev–Trinajstić information content (AvgIpc) is 3.27. The quantitative estimate of drug-likeness (QED) is 0.477. The van der Waals surface area contributed by atoms with Gasteiger partial charge in [0.05, 0.1) is 23.1 Å². The molecule has 34 heavy (non-hydrogen) atoms. The van der Waals surface area contributed by atoms with Crippen LogP contribution >= 0.6 is 0 Å². The maximum atomic E-state index is 14.9. The first kappa shape index (κ1) is 20.7. The van der Waals surface area contributed by atoms with Crippen molar-refractivity contribution in [2.45, 2.75) is 6.04 Å². The number of nitriles is 4. The number of aliphatic imine (C=N–C) groups is 1. The summed E-state index contributed by atoms with van der Waals surface area (Å²) in [5.41, 5.74) is -1.94. The Hall–Kier alpha value is -5.19. The third kappa shape index (κ3) is 2.60. The highest BCUT2D eigenvalue weighted by Crippen LogP contribution is 2.49. The molecular weight excluding hydrogens is 448 g/mol. The van der Waals surface area contributed by atoms with Gasteiger partial charge in [-0.1, -0.05) is 0 Å². The summed E-state index contributed by atoms with van der Waals surface area (Å²) in [5, 5.41) is 40.7. The molecule has 0 radical (unpaired) electrons. The van der Waals surface area contributed by atoms with Crippen molar-refractivity contribution in [2.75, 3.05) is 0 Å². The van der Waals surface area contributed by atoms with Gasteiger partial charge < -0.3 is 5.32 Å². The molecule has 1 heterocycles. The highest BCUT2D eigenvalue weighted by atomic mass is 19.1. The molecule has 0 aromatic heterocycles. The molecule has 3 aliphatic rings. The molecule has 0 saturated heterocycles. The van der Waals surface area contributed by atoms with Gasteiger partial charge in [0.15, 0.2) is 0 Å². The Morgan fingerprint density at radius 3 is 1.91 bits per heavy atom. The highest BCUT2D eigenvalue weighted by Gasteiger charge is 2.45. The number of benzene rings is 2. The number of nitrogens with one attached hydrogen (secondary N) is 1. The van der Waals surface area contributed by atoms with Gasteiger partial charge in [0.2, 0.25) is 0 Å². The van der Waals surface area contributed by atoms with Crippen molar-refractivity contribution in [3.63, 3.8) is 0 Å². The van der Waals surface area contributed by atoms with E-state index < -0.39 is 40.5 Å². The predicted octanol–water partition coefficient (Wildman–Crippen LogP) is 4.00. The number of nitrogens with zero attached hydrogens (tertiary/aromatic N) is 5. The minimum atomic E-state index is -1.15. The summed E-state index contributed by atoms with van der Waals surface area (Å²) >= 11 is 0. The number of halogens is 4. The highest BCUT2D eigenvalue weighted by molar-refractivity contribution is 6.24. The Bertz CT molecular complexity index is 1630. The van der Waals surface area contributed by atoms with Gasteiger partial charge in [0.25, 0.3) is 0 Å². The molecule has 0 amide bonds. The molecule has 2 aromatic carbocycles. The minimum Gasteiger partial charge on any atom is -0.370 e. The van der Waals surface area contributed by atoms with Crippen LogP contribution in [0.15, 0.2) is 46.1 Å². The minimum absolute atomic E-state index is 0.0411. The molecule has 10 heteroatoms. The monoisotopic (exact) mass is 454 g/mol. The summed E-state index contributed by atoms with van der Waals surface area (Å²) in [6.07, 6.45) is 0. The lowest BCUT2D eigenvalue weighted by Gasteiger charge is -2.24. The van der Waals surface area contributed by atoms with Crippen molar-refractivity contribution in [2.24, 2.45) is 4.99 Å². The summed E-state index contributed by atoms with van der Waals surface area (Å²) < 4.78 is 57.9. The van der Waals surface area contributed by atoms with Crippen molar-refractivity contribution in [1.82, 2.24) is 5.32 Å². The predicted molar refractivity (Wildman–Crippen MR) is 109 cm³/mol. The smallest absolute Gasteiger partial charge is 0.139 e. The molecule has 0 saturated carbocycles. The summed E-state index contributed by atoms with van der Waals surface area (Å²) in [4.78, 5) is 4.39. The van der Waals surface area contributed by atoms with Crippen LogP contribution in [0.25, 0.3) is 16.8 Å². The first-order chi connectivity index (χ1) is 16.3. The number of hydrogen-bond acceptors (Lipinski definition) is 6. The van der Waals surface area contributed by atoms with Crippen molar-refractivity contribution >= 4 is 22.6 Å². The second kappa shape index (κ2) is 7.17. The summed E-state index contributed by atoms with van der Waals surface area (Å²) in [6.45, 7) is 0. The first-order valence-corrected chi connectivity index (χ1v) is 9.52. The largest absolute Gasteiger partial charge is 0.370 e. The van der Waals surface area contributed by atoms with E-state index in [1.54, 1.807) is 24.3 Å². The Balaban J connectivity index is 1.89. The van der Waals surface area contributed by atoms with Crippen LogP contribution in [-0.4, -0.2) is 11.8 Å². The molecule has 1 aliphatic heterocycles. The molecule has 0 fully saturated rings. The van der Waals surface area contributed by atoms with Crippen molar-refractivity contribution < 1.29 is 17.6 Å². The van der Waals surface area contributed by atoms with Gasteiger partial charge in [0.1, 0.15) is 58.7 Å². The zero-order chi connectivity index (χ0) is 24.3. The lowest BCUT2D eigenvalue weighted by molar-refractivity contribution is 0.579. The van der Waals surface area contributed by atoms with E-state index in [9.17, 15) is 38.6 Å². The van der Waals surface area contributed by atoms with E-state index in [0.29, 0.717) is 12.1 Å². The number of hydrogen-bond donors (Lipinski definition) is 1. The Kier molecular flexibility index (Phi) is 4.36. The van der Waals surface area contributed by atoms with Gasteiger partial charge >= 0.3 is 0 Å². The summed E-state index contributed by atoms with van der Waals surface area (Å²) in [7, 11) is 0. The van der Waals surface area contributed by atoms with Crippen LogP contribution in [-0.2, 0) is 0 Å². The molecule has 2 aromatic rings. The summed E-state index contributed by atoms with van der Waals surface area (Å²) in [6, 6.07) is 8.69. The van der Waals surface area contributed by atoms with Crippen molar-refractivity contribution in [3.05, 3.63) is 86.6 Å². The molecule has 5 rings (SSSR count). The fourth-order valence-electron chi connectivity index (χ4n) is 4.47. The second-order valence-electron chi connectivity index (χ2n) is 7.40. The Labute approximate surface area is 188 Å². The van der Waals surface area contributed by atoms with Gasteiger partial charge in [-0.2, -0.15) is 21.0 Å². The zero-order valence-corrected chi connectivity index (χ0v) is 16.6. The van der Waals surface area contributed by atoms with Crippen LogP contribution in [0.3, 0.4) is 0 Å². The first-order valence-electron chi connectivity index (χ1n) is 9.52. The Morgan fingerprint density at radius 1 is 0.765 bits per heavy atom. The van der Waals surface area contributed by atoms with E-state index in [2.05, 4.69) is 10.3 Å². The van der Waals surface area contributed by atoms with Crippen LogP contribution in [0.2, 0.25) is 0 Å². The summed E-state index contributed by atoms with van der Waals surface area (Å²) in [5.74, 6) is -3.94. The number of rotatable bonds is 0. The topological polar surface area (TPSA) is 120 Å². The third-order valence-corrected chi connectivity index (χ3v) is 5.70.